The Morgan fingerprint density at radius 1 is 1.18 bits per heavy atom. The number of halogens is 1. The minimum Gasteiger partial charge on any atom is -0.454 e. The van der Waals surface area contributed by atoms with E-state index < -0.39 is 0 Å². The first-order valence-electron chi connectivity index (χ1n) is 9.38. The Hall–Kier alpha value is -2.55. The largest absolute Gasteiger partial charge is 0.454 e. The molecule has 1 aromatic heterocycles. The quantitative estimate of drug-likeness (QED) is 0.569. The summed E-state index contributed by atoms with van der Waals surface area (Å²) >= 11 is 3.54. The third kappa shape index (κ3) is 4.14. The molecular formula is C19H23BrN6O2. The zero-order valence-corrected chi connectivity index (χ0v) is 17.4. The van der Waals surface area contributed by atoms with E-state index in [-0.39, 0.29) is 6.79 Å². The molecule has 4 rings (SSSR count). The number of aliphatic imine (C=N–C) groups is 1. The predicted molar refractivity (Wildman–Crippen MR) is 111 cm³/mol. The number of anilines is 1. The summed E-state index contributed by atoms with van der Waals surface area (Å²) in [7, 11) is 0. The molecule has 0 aliphatic carbocycles. The lowest BCUT2D eigenvalue weighted by atomic mass is 10.2. The van der Waals surface area contributed by atoms with Gasteiger partial charge in [-0.2, -0.15) is 0 Å². The summed E-state index contributed by atoms with van der Waals surface area (Å²) in [6.07, 6.45) is 3.56. The van der Waals surface area contributed by atoms with E-state index in [2.05, 4.69) is 47.9 Å². The molecule has 0 amide bonds. The Balaban J connectivity index is 1.42. The van der Waals surface area contributed by atoms with Gasteiger partial charge in [0.1, 0.15) is 0 Å². The number of aromatic nitrogens is 2. The topological polar surface area (TPSA) is 75.1 Å². The van der Waals surface area contributed by atoms with E-state index in [0.717, 1.165) is 66.2 Å². The second kappa shape index (κ2) is 8.64. The highest BCUT2D eigenvalue weighted by Gasteiger charge is 2.21. The van der Waals surface area contributed by atoms with Gasteiger partial charge in [0.15, 0.2) is 17.5 Å². The van der Waals surface area contributed by atoms with Crippen LogP contribution in [0, 0.1) is 0 Å². The summed E-state index contributed by atoms with van der Waals surface area (Å²) in [5.74, 6) is 3.24. The minimum atomic E-state index is 0.263. The highest BCUT2D eigenvalue weighted by atomic mass is 79.9. The van der Waals surface area contributed by atoms with Crippen LogP contribution in [0.25, 0.3) is 0 Å². The maximum absolute atomic E-state index is 5.50. The molecule has 0 unspecified atom stereocenters. The molecule has 9 heteroatoms. The molecule has 1 fully saturated rings. The summed E-state index contributed by atoms with van der Waals surface area (Å²) in [6, 6.07) is 5.86. The summed E-state index contributed by atoms with van der Waals surface area (Å²) in [5, 5.41) is 3.40. The van der Waals surface area contributed by atoms with Gasteiger partial charge in [0.25, 0.3) is 0 Å². The van der Waals surface area contributed by atoms with Gasteiger partial charge in [0.05, 0.1) is 11.0 Å². The van der Waals surface area contributed by atoms with Crippen LogP contribution >= 0.6 is 15.9 Å². The normalized spacial score (nSPS) is 16.4. The standard InChI is InChI=1S/C19H23BrN6O2/c1-2-21-18(24-12-14-10-15(20)17-16(11-14)27-13-28-17)25-6-8-26(9-7-25)19-22-4-3-5-23-19/h3-5,10-11H,2,6-9,12-13H2,1H3,(H,21,24). The zero-order chi connectivity index (χ0) is 19.3. The summed E-state index contributed by atoms with van der Waals surface area (Å²) in [5.41, 5.74) is 1.07. The fourth-order valence-corrected chi connectivity index (χ4v) is 3.88. The summed E-state index contributed by atoms with van der Waals surface area (Å²) in [6.45, 7) is 7.21. The Morgan fingerprint density at radius 3 is 2.71 bits per heavy atom. The summed E-state index contributed by atoms with van der Waals surface area (Å²) in [4.78, 5) is 18.0. The molecular weight excluding hydrogens is 424 g/mol. The van der Waals surface area contributed by atoms with E-state index in [0.29, 0.717) is 6.54 Å². The van der Waals surface area contributed by atoms with Gasteiger partial charge in [-0.25, -0.2) is 15.0 Å². The molecule has 3 heterocycles. The first-order chi connectivity index (χ1) is 13.7. The lowest BCUT2D eigenvalue weighted by molar-refractivity contribution is 0.173. The zero-order valence-electron chi connectivity index (χ0n) is 15.8. The first-order valence-corrected chi connectivity index (χ1v) is 10.2. The van der Waals surface area contributed by atoms with Gasteiger partial charge in [0.2, 0.25) is 12.7 Å². The maximum Gasteiger partial charge on any atom is 0.231 e. The highest BCUT2D eigenvalue weighted by Crippen LogP contribution is 2.40. The van der Waals surface area contributed by atoms with Crippen molar-refractivity contribution >= 4 is 27.8 Å². The van der Waals surface area contributed by atoms with Crippen molar-refractivity contribution in [1.29, 1.82) is 0 Å². The fourth-order valence-electron chi connectivity index (χ4n) is 3.28. The number of piperazine rings is 1. The molecule has 148 valence electrons. The molecule has 1 aromatic carbocycles. The molecule has 0 radical (unpaired) electrons. The molecule has 2 aliphatic heterocycles. The predicted octanol–water partition coefficient (Wildman–Crippen LogP) is 2.26. The van der Waals surface area contributed by atoms with Crippen LogP contribution in [0.15, 0.2) is 40.1 Å². The van der Waals surface area contributed by atoms with Crippen LogP contribution < -0.4 is 19.7 Å². The van der Waals surface area contributed by atoms with Crippen molar-refractivity contribution in [2.45, 2.75) is 13.5 Å². The van der Waals surface area contributed by atoms with Gasteiger partial charge in [-0.3, -0.25) is 0 Å². The van der Waals surface area contributed by atoms with Gasteiger partial charge in [-0.1, -0.05) is 0 Å². The number of benzene rings is 1. The van der Waals surface area contributed by atoms with Crippen molar-refractivity contribution in [2.75, 3.05) is 44.4 Å². The monoisotopic (exact) mass is 446 g/mol. The van der Waals surface area contributed by atoms with E-state index >= 15 is 0 Å². The van der Waals surface area contributed by atoms with Gasteiger partial charge in [0, 0.05) is 45.1 Å². The van der Waals surface area contributed by atoms with Crippen molar-refractivity contribution in [3.63, 3.8) is 0 Å². The number of guanidine groups is 1. The van der Waals surface area contributed by atoms with Crippen molar-refractivity contribution < 1.29 is 9.47 Å². The first kappa shape index (κ1) is 18.8. The van der Waals surface area contributed by atoms with Gasteiger partial charge >= 0.3 is 0 Å². The molecule has 0 saturated carbocycles. The number of ether oxygens (including phenoxy) is 2. The molecule has 0 bridgehead atoms. The van der Waals surface area contributed by atoms with E-state index in [1.54, 1.807) is 12.4 Å². The van der Waals surface area contributed by atoms with Gasteiger partial charge in [-0.15, -0.1) is 0 Å². The van der Waals surface area contributed by atoms with Crippen molar-refractivity contribution in [1.82, 2.24) is 20.2 Å². The van der Waals surface area contributed by atoms with Crippen molar-refractivity contribution in [3.05, 3.63) is 40.6 Å². The number of nitrogens with one attached hydrogen (secondary N) is 1. The van der Waals surface area contributed by atoms with Crippen LogP contribution in [0.2, 0.25) is 0 Å². The second-order valence-corrected chi connectivity index (χ2v) is 7.36. The third-order valence-electron chi connectivity index (χ3n) is 4.65. The van der Waals surface area contributed by atoms with Gasteiger partial charge in [-0.05, 0) is 46.6 Å². The minimum absolute atomic E-state index is 0.263. The smallest absolute Gasteiger partial charge is 0.231 e. The highest BCUT2D eigenvalue weighted by molar-refractivity contribution is 9.10. The molecule has 0 atom stereocenters. The van der Waals surface area contributed by atoms with Crippen LogP contribution in [0.3, 0.4) is 0 Å². The van der Waals surface area contributed by atoms with Crippen LogP contribution in [0.5, 0.6) is 11.5 Å². The van der Waals surface area contributed by atoms with Crippen molar-refractivity contribution in [2.24, 2.45) is 4.99 Å². The number of hydrogen-bond acceptors (Lipinski definition) is 6. The fraction of sp³-hybridized carbons (Fsp3) is 0.421. The maximum atomic E-state index is 5.50. The van der Waals surface area contributed by atoms with Crippen LogP contribution in [0.1, 0.15) is 12.5 Å². The average Bonchev–Trinajstić information content (AvgIpc) is 3.21. The number of rotatable bonds is 4. The van der Waals surface area contributed by atoms with Crippen LogP contribution in [0.4, 0.5) is 5.95 Å². The average molecular weight is 447 g/mol. The Bertz CT molecular complexity index is 840. The Kier molecular flexibility index (Phi) is 5.80. The molecule has 1 N–H and O–H groups in total. The van der Waals surface area contributed by atoms with E-state index in [1.807, 2.05) is 18.2 Å². The molecule has 28 heavy (non-hydrogen) atoms. The SMILES string of the molecule is CCNC(=NCc1cc(Br)c2c(c1)OCO2)N1CCN(c2ncccn2)CC1. The number of fused-ring (bicyclic) bond motifs is 1. The molecule has 0 spiro atoms. The molecule has 2 aliphatic rings. The van der Waals surface area contributed by atoms with Crippen LogP contribution in [-0.2, 0) is 6.54 Å². The number of nitrogens with zero attached hydrogens (tertiary/aromatic N) is 5. The molecule has 2 aromatic rings. The third-order valence-corrected chi connectivity index (χ3v) is 5.24. The number of hydrogen-bond donors (Lipinski definition) is 1. The van der Waals surface area contributed by atoms with Crippen molar-refractivity contribution in [3.8, 4) is 11.5 Å². The Labute approximate surface area is 172 Å². The van der Waals surface area contributed by atoms with E-state index in [1.165, 1.54) is 0 Å². The second-order valence-electron chi connectivity index (χ2n) is 6.50. The lowest BCUT2D eigenvalue weighted by Gasteiger charge is -2.36. The van der Waals surface area contributed by atoms with E-state index in [9.17, 15) is 0 Å². The van der Waals surface area contributed by atoms with Crippen LogP contribution in [-0.4, -0.2) is 60.3 Å². The lowest BCUT2D eigenvalue weighted by Crippen LogP contribution is -2.52. The molecule has 8 nitrogen and oxygen atoms in total. The molecule has 1 saturated heterocycles. The van der Waals surface area contributed by atoms with Gasteiger partial charge < -0.3 is 24.6 Å². The summed E-state index contributed by atoms with van der Waals surface area (Å²) < 4.78 is 11.8. The van der Waals surface area contributed by atoms with E-state index in [4.69, 9.17) is 14.5 Å². The Morgan fingerprint density at radius 2 is 1.96 bits per heavy atom.